The summed E-state index contributed by atoms with van der Waals surface area (Å²) in [6.07, 6.45) is 0. The van der Waals surface area contributed by atoms with Crippen LogP contribution in [0.4, 0.5) is 0 Å². The highest BCUT2D eigenvalue weighted by molar-refractivity contribution is 6.35. The second-order valence-corrected chi connectivity index (χ2v) is 6.35. The summed E-state index contributed by atoms with van der Waals surface area (Å²) in [5, 5.41) is 4.59. The van der Waals surface area contributed by atoms with Crippen molar-refractivity contribution in [3.05, 3.63) is 57.6 Å². The van der Waals surface area contributed by atoms with Crippen LogP contribution in [0.3, 0.4) is 0 Å². The van der Waals surface area contributed by atoms with Gasteiger partial charge in [0.1, 0.15) is 6.61 Å². The number of ether oxygens (including phenoxy) is 2. The van der Waals surface area contributed by atoms with Crippen LogP contribution in [0.15, 0.2) is 36.4 Å². The van der Waals surface area contributed by atoms with Crippen molar-refractivity contribution >= 4 is 35.6 Å². The lowest BCUT2D eigenvalue weighted by Crippen LogP contribution is -2.22. The van der Waals surface area contributed by atoms with Crippen molar-refractivity contribution in [2.24, 2.45) is 0 Å². The first kappa shape index (κ1) is 20.9. The van der Waals surface area contributed by atoms with Crippen LogP contribution in [0.1, 0.15) is 25.0 Å². The number of methoxy groups -OCH3 is 1. The van der Waals surface area contributed by atoms with Gasteiger partial charge in [0.05, 0.1) is 7.11 Å². The van der Waals surface area contributed by atoms with E-state index in [0.29, 0.717) is 35.0 Å². The first-order valence-corrected chi connectivity index (χ1v) is 8.23. The molecule has 0 atom stereocenters. The van der Waals surface area contributed by atoms with Crippen LogP contribution in [0.25, 0.3) is 0 Å². The summed E-state index contributed by atoms with van der Waals surface area (Å²) in [5.41, 5.74) is 1.92. The molecule has 0 unspecified atom stereocenters. The molecule has 0 bridgehead atoms. The van der Waals surface area contributed by atoms with Crippen LogP contribution in [0.5, 0.6) is 11.5 Å². The van der Waals surface area contributed by atoms with E-state index in [-0.39, 0.29) is 12.4 Å². The molecule has 0 saturated carbocycles. The Kier molecular flexibility index (Phi) is 8.71. The average molecular weight is 391 g/mol. The summed E-state index contributed by atoms with van der Waals surface area (Å²) in [6.45, 7) is 5.27. The molecule has 1 N–H and O–H groups in total. The molecule has 2 rings (SSSR count). The molecule has 0 amide bonds. The lowest BCUT2D eigenvalue weighted by molar-refractivity contribution is 0.280. The Morgan fingerprint density at radius 1 is 1.08 bits per heavy atom. The normalized spacial score (nSPS) is 10.4. The number of hydrogen-bond acceptors (Lipinski definition) is 3. The maximum Gasteiger partial charge on any atom is 0.166 e. The van der Waals surface area contributed by atoms with Crippen molar-refractivity contribution in [3.8, 4) is 11.5 Å². The van der Waals surface area contributed by atoms with E-state index in [1.54, 1.807) is 19.2 Å². The zero-order valence-electron chi connectivity index (χ0n) is 13.9. The fraction of sp³-hybridized carbons (Fsp3) is 0.333. The molecule has 3 nitrogen and oxygen atoms in total. The number of nitrogens with one attached hydrogen (secondary N) is 1. The van der Waals surface area contributed by atoms with Crippen LogP contribution in [0.2, 0.25) is 10.0 Å². The molecule has 0 aliphatic rings. The Balaban J connectivity index is 0.00000288. The molecule has 2 aromatic rings. The third-order valence-corrected chi connectivity index (χ3v) is 3.96. The Hall–Kier alpha value is -1.13. The van der Waals surface area contributed by atoms with E-state index in [0.717, 1.165) is 16.9 Å². The van der Waals surface area contributed by atoms with E-state index in [2.05, 4.69) is 19.2 Å². The quantitative estimate of drug-likeness (QED) is 0.677. The zero-order chi connectivity index (χ0) is 16.8. The standard InChI is InChI=1S/C18H21Cl2NO2.ClH/c1-12(2)21-10-13-5-4-6-17(22-3)18(13)23-11-14-7-8-15(19)9-16(14)20;/h4-9,12,21H,10-11H2,1-3H3;1H. The summed E-state index contributed by atoms with van der Waals surface area (Å²) in [5.74, 6) is 1.44. The summed E-state index contributed by atoms with van der Waals surface area (Å²) in [4.78, 5) is 0. The van der Waals surface area contributed by atoms with E-state index in [9.17, 15) is 0 Å². The molecular weight excluding hydrogens is 369 g/mol. The fourth-order valence-corrected chi connectivity index (χ4v) is 2.59. The molecule has 0 aliphatic carbocycles. The van der Waals surface area contributed by atoms with Crippen molar-refractivity contribution in [3.63, 3.8) is 0 Å². The average Bonchev–Trinajstić information content (AvgIpc) is 2.52. The van der Waals surface area contributed by atoms with E-state index < -0.39 is 0 Å². The summed E-state index contributed by atoms with van der Waals surface area (Å²) in [7, 11) is 1.64. The van der Waals surface area contributed by atoms with Gasteiger partial charge in [0.2, 0.25) is 0 Å². The predicted octanol–water partition coefficient (Wildman–Crippen LogP) is 5.50. The molecular formula is C18H22Cl3NO2. The minimum Gasteiger partial charge on any atom is -0.493 e. The topological polar surface area (TPSA) is 30.5 Å². The van der Waals surface area contributed by atoms with Crippen molar-refractivity contribution < 1.29 is 9.47 Å². The summed E-state index contributed by atoms with van der Waals surface area (Å²) in [6, 6.07) is 11.6. The first-order valence-electron chi connectivity index (χ1n) is 7.47. The molecule has 0 spiro atoms. The first-order chi connectivity index (χ1) is 11.0. The Morgan fingerprint density at radius 2 is 1.83 bits per heavy atom. The third-order valence-electron chi connectivity index (χ3n) is 3.37. The van der Waals surface area contributed by atoms with Crippen LogP contribution in [-0.4, -0.2) is 13.2 Å². The monoisotopic (exact) mass is 389 g/mol. The summed E-state index contributed by atoms with van der Waals surface area (Å²) >= 11 is 12.1. The highest BCUT2D eigenvalue weighted by atomic mass is 35.5. The van der Waals surface area contributed by atoms with E-state index >= 15 is 0 Å². The Morgan fingerprint density at radius 3 is 2.46 bits per heavy atom. The van der Waals surface area contributed by atoms with Gasteiger partial charge in [-0.2, -0.15) is 0 Å². The number of rotatable bonds is 7. The predicted molar refractivity (Wildman–Crippen MR) is 103 cm³/mol. The maximum absolute atomic E-state index is 6.20. The molecule has 24 heavy (non-hydrogen) atoms. The van der Waals surface area contributed by atoms with Gasteiger partial charge in [-0.1, -0.05) is 55.2 Å². The molecule has 0 aromatic heterocycles. The van der Waals surface area contributed by atoms with Crippen LogP contribution in [-0.2, 0) is 13.2 Å². The molecule has 0 saturated heterocycles. The van der Waals surface area contributed by atoms with E-state index in [1.807, 2.05) is 24.3 Å². The van der Waals surface area contributed by atoms with Crippen LogP contribution in [0, 0.1) is 0 Å². The van der Waals surface area contributed by atoms with Gasteiger partial charge in [-0.25, -0.2) is 0 Å². The summed E-state index contributed by atoms with van der Waals surface area (Å²) < 4.78 is 11.4. The Labute approximate surface area is 159 Å². The van der Waals surface area contributed by atoms with Crippen LogP contribution >= 0.6 is 35.6 Å². The van der Waals surface area contributed by atoms with Gasteiger partial charge in [0.15, 0.2) is 11.5 Å². The zero-order valence-corrected chi connectivity index (χ0v) is 16.3. The van der Waals surface area contributed by atoms with Crippen molar-refractivity contribution in [1.29, 1.82) is 0 Å². The second kappa shape index (κ2) is 10.00. The van der Waals surface area contributed by atoms with Gasteiger partial charge in [-0.15, -0.1) is 12.4 Å². The van der Waals surface area contributed by atoms with Gasteiger partial charge in [0, 0.05) is 33.8 Å². The number of para-hydroxylation sites is 1. The number of benzene rings is 2. The second-order valence-electron chi connectivity index (χ2n) is 5.51. The molecule has 0 aliphatic heterocycles. The van der Waals surface area contributed by atoms with Crippen molar-refractivity contribution in [2.45, 2.75) is 33.0 Å². The highest BCUT2D eigenvalue weighted by Crippen LogP contribution is 2.32. The van der Waals surface area contributed by atoms with Gasteiger partial charge < -0.3 is 14.8 Å². The van der Waals surface area contributed by atoms with E-state index in [1.165, 1.54) is 0 Å². The number of hydrogen-bond donors (Lipinski definition) is 1. The van der Waals surface area contributed by atoms with Crippen LogP contribution < -0.4 is 14.8 Å². The maximum atomic E-state index is 6.20. The SMILES string of the molecule is COc1cccc(CNC(C)C)c1OCc1ccc(Cl)cc1Cl.Cl. The highest BCUT2D eigenvalue weighted by Gasteiger charge is 2.12. The molecule has 0 radical (unpaired) electrons. The van der Waals surface area contributed by atoms with E-state index in [4.69, 9.17) is 32.7 Å². The molecule has 2 aromatic carbocycles. The Bertz CT molecular complexity index is 663. The molecule has 0 heterocycles. The minimum absolute atomic E-state index is 0. The molecule has 0 fully saturated rings. The lowest BCUT2D eigenvalue weighted by Gasteiger charge is -2.17. The van der Waals surface area contributed by atoms with Gasteiger partial charge >= 0.3 is 0 Å². The largest absolute Gasteiger partial charge is 0.493 e. The molecule has 6 heteroatoms. The third kappa shape index (κ3) is 5.75. The molecule has 132 valence electrons. The lowest BCUT2D eigenvalue weighted by atomic mass is 10.1. The van der Waals surface area contributed by atoms with Crippen molar-refractivity contribution in [2.75, 3.05) is 7.11 Å². The minimum atomic E-state index is 0. The van der Waals surface area contributed by atoms with Crippen molar-refractivity contribution in [1.82, 2.24) is 5.32 Å². The smallest absolute Gasteiger partial charge is 0.166 e. The number of halogens is 3. The van der Waals surface area contributed by atoms with Gasteiger partial charge in [-0.05, 0) is 18.2 Å². The fourth-order valence-electron chi connectivity index (χ4n) is 2.13. The van der Waals surface area contributed by atoms with Gasteiger partial charge in [-0.3, -0.25) is 0 Å². The van der Waals surface area contributed by atoms with Gasteiger partial charge in [0.25, 0.3) is 0 Å².